The van der Waals surface area contributed by atoms with Gasteiger partial charge in [-0.2, -0.15) is 10.5 Å². The van der Waals surface area contributed by atoms with Crippen LogP contribution in [-0.4, -0.2) is 5.78 Å². The highest BCUT2D eigenvalue weighted by Crippen LogP contribution is 2.47. The molecule has 0 fully saturated rings. The van der Waals surface area contributed by atoms with E-state index in [4.69, 9.17) is 0 Å². The summed E-state index contributed by atoms with van der Waals surface area (Å²) in [5.74, 6) is -0.0552. The number of hydrogen-bond acceptors (Lipinski definition) is 3. The van der Waals surface area contributed by atoms with Crippen LogP contribution < -0.4 is 0 Å². The minimum Gasteiger partial charge on any atom is -0.289 e. The van der Waals surface area contributed by atoms with Gasteiger partial charge in [-0.3, -0.25) is 4.79 Å². The third-order valence-electron chi connectivity index (χ3n) is 5.55. The number of unbranched alkanes of at least 4 members (excludes halogenated alkanes) is 1. The fourth-order valence-electron chi connectivity index (χ4n) is 4.07. The quantitative estimate of drug-likeness (QED) is 0.307. The monoisotopic (exact) mass is 388 g/mol. The summed E-state index contributed by atoms with van der Waals surface area (Å²) in [6.07, 6.45) is 3.28. The van der Waals surface area contributed by atoms with Crippen molar-refractivity contribution in [2.45, 2.75) is 26.2 Å². The number of fused-ring (bicyclic) bond motifs is 3. The van der Waals surface area contributed by atoms with Crippen LogP contribution >= 0.6 is 0 Å². The SMILES string of the molecule is CCCCc1ccc(C(=O)c2cccc3c2-c2ccccc2C3=C(C#N)C#N)cc1. The molecule has 3 nitrogen and oxygen atoms in total. The summed E-state index contributed by atoms with van der Waals surface area (Å²) in [7, 11) is 0. The minimum absolute atomic E-state index is 0.0552. The lowest BCUT2D eigenvalue weighted by Gasteiger charge is -2.10. The molecule has 30 heavy (non-hydrogen) atoms. The van der Waals surface area contributed by atoms with E-state index in [-0.39, 0.29) is 11.4 Å². The maximum absolute atomic E-state index is 13.4. The predicted molar refractivity (Wildman–Crippen MR) is 118 cm³/mol. The minimum atomic E-state index is -0.0552. The molecule has 0 radical (unpaired) electrons. The van der Waals surface area contributed by atoms with Gasteiger partial charge in [0.1, 0.15) is 17.7 Å². The molecule has 0 saturated carbocycles. The highest BCUT2D eigenvalue weighted by molar-refractivity contribution is 6.17. The van der Waals surface area contributed by atoms with E-state index in [9.17, 15) is 15.3 Å². The van der Waals surface area contributed by atoms with E-state index >= 15 is 0 Å². The molecule has 3 heteroatoms. The number of rotatable bonds is 5. The number of ketones is 1. The molecule has 0 bridgehead atoms. The van der Waals surface area contributed by atoms with Crippen LogP contribution in [0.5, 0.6) is 0 Å². The van der Waals surface area contributed by atoms with Crippen LogP contribution in [0.2, 0.25) is 0 Å². The number of carbonyl (C=O) groups excluding carboxylic acids is 1. The van der Waals surface area contributed by atoms with Gasteiger partial charge in [-0.15, -0.1) is 0 Å². The highest BCUT2D eigenvalue weighted by Gasteiger charge is 2.30. The van der Waals surface area contributed by atoms with Gasteiger partial charge in [0.2, 0.25) is 0 Å². The third kappa shape index (κ3) is 3.21. The number of allylic oxidation sites excluding steroid dienone is 1. The largest absolute Gasteiger partial charge is 0.289 e. The number of nitrogens with zero attached hydrogens (tertiary/aromatic N) is 2. The lowest BCUT2D eigenvalue weighted by Crippen LogP contribution is -2.04. The lowest BCUT2D eigenvalue weighted by atomic mass is 9.92. The number of hydrogen-bond donors (Lipinski definition) is 0. The lowest BCUT2D eigenvalue weighted by molar-refractivity contribution is 0.103. The Labute approximate surface area is 176 Å². The van der Waals surface area contributed by atoms with Crippen LogP contribution in [0.15, 0.2) is 72.3 Å². The maximum atomic E-state index is 13.4. The molecule has 0 spiro atoms. The van der Waals surface area contributed by atoms with Crippen molar-refractivity contribution >= 4 is 11.4 Å². The zero-order chi connectivity index (χ0) is 21.1. The normalized spacial score (nSPS) is 11.2. The summed E-state index contributed by atoms with van der Waals surface area (Å²) in [6, 6.07) is 25.0. The van der Waals surface area contributed by atoms with Gasteiger partial charge in [-0.1, -0.05) is 80.1 Å². The molecule has 0 N–H and O–H groups in total. The van der Waals surface area contributed by atoms with E-state index in [0.29, 0.717) is 16.7 Å². The standard InChI is InChI=1S/C27H20N2O/c1-2-3-7-18-12-14-19(15-13-18)27(30)24-11-6-10-23-25(20(16-28)17-29)21-8-4-5-9-22(21)26(23)24/h4-6,8-15H,2-3,7H2,1H3. The zero-order valence-electron chi connectivity index (χ0n) is 16.8. The van der Waals surface area contributed by atoms with Crippen LogP contribution in [0.3, 0.4) is 0 Å². The van der Waals surface area contributed by atoms with Crippen molar-refractivity contribution in [3.63, 3.8) is 0 Å². The molecule has 0 atom stereocenters. The number of nitriles is 2. The maximum Gasteiger partial charge on any atom is 0.193 e. The van der Waals surface area contributed by atoms with Gasteiger partial charge in [-0.25, -0.2) is 0 Å². The Kier molecular flexibility index (Phi) is 5.29. The van der Waals surface area contributed by atoms with Crippen LogP contribution in [0.1, 0.15) is 52.4 Å². The predicted octanol–water partition coefficient (Wildman–Crippen LogP) is 6.09. The van der Waals surface area contributed by atoms with Crippen LogP contribution in [0.25, 0.3) is 16.7 Å². The molecule has 0 aliphatic heterocycles. The molecule has 1 aliphatic rings. The number of carbonyl (C=O) groups is 1. The topological polar surface area (TPSA) is 64.7 Å². The fourth-order valence-corrected chi connectivity index (χ4v) is 4.07. The Morgan fingerprint density at radius 3 is 2.17 bits per heavy atom. The average molecular weight is 388 g/mol. The van der Waals surface area contributed by atoms with E-state index in [2.05, 4.69) is 6.92 Å². The molecule has 0 amide bonds. The van der Waals surface area contributed by atoms with E-state index in [1.54, 1.807) is 0 Å². The number of aryl methyl sites for hydroxylation is 1. The van der Waals surface area contributed by atoms with Crippen LogP contribution in [-0.2, 0) is 6.42 Å². The van der Waals surface area contributed by atoms with Crippen LogP contribution in [0, 0.1) is 22.7 Å². The Hall–Kier alpha value is -3.95. The van der Waals surface area contributed by atoms with Gasteiger partial charge >= 0.3 is 0 Å². The molecule has 144 valence electrons. The van der Waals surface area contributed by atoms with E-state index in [1.165, 1.54) is 5.56 Å². The Bertz CT molecular complexity index is 1240. The van der Waals surface area contributed by atoms with Crippen molar-refractivity contribution in [3.05, 3.63) is 100 Å². The number of benzene rings is 3. The van der Waals surface area contributed by atoms with Crippen molar-refractivity contribution < 1.29 is 4.79 Å². The summed E-state index contributed by atoms with van der Waals surface area (Å²) in [5, 5.41) is 19.0. The van der Waals surface area contributed by atoms with Crippen LogP contribution in [0.4, 0.5) is 0 Å². The van der Waals surface area contributed by atoms with E-state index in [1.807, 2.05) is 78.9 Å². The Balaban J connectivity index is 1.85. The third-order valence-corrected chi connectivity index (χ3v) is 5.55. The molecule has 0 saturated heterocycles. The fraction of sp³-hybridized carbons (Fsp3) is 0.148. The second-order valence-electron chi connectivity index (χ2n) is 7.38. The van der Waals surface area contributed by atoms with Crippen molar-refractivity contribution in [1.82, 2.24) is 0 Å². The zero-order valence-corrected chi connectivity index (χ0v) is 16.8. The molecule has 0 heterocycles. The van der Waals surface area contributed by atoms with Gasteiger partial charge in [0.05, 0.1) is 0 Å². The van der Waals surface area contributed by atoms with Crippen molar-refractivity contribution in [2.24, 2.45) is 0 Å². The molecular formula is C27H20N2O. The molecule has 1 aliphatic carbocycles. The van der Waals surface area contributed by atoms with Gasteiger partial charge in [-0.05, 0) is 35.1 Å². The van der Waals surface area contributed by atoms with Crippen molar-refractivity contribution in [3.8, 4) is 23.3 Å². The summed E-state index contributed by atoms with van der Waals surface area (Å²) in [4.78, 5) is 13.4. The van der Waals surface area contributed by atoms with Gasteiger partial charge in [0.25, 0.3) is 0 Å². The smallest absolute Gasteiger partial charge is 0.193 e. The first-order valence-corrected chi connectivity index (χ1v) is 10.1. The van der Waals surface area contributed by atoms with Crippen molar-refractivity contribution in [2.75, 3.05) is 0 Å². The second-order valence-corrected chi connectivity index (χ2v) is 7.38. The molecule has 3 aromatic rings. The van der Waals surface area contributed by atoms with Crippen molar-refractivity contribution in [1.29, 1.82) is 10.5 Å². The molecule has 4 rings (SSSR count). The summed E-state index contributed by atoms with van der Waals surface area (Å²) in [5.41, 5.74) is 6.39. The molecular weight excluding hydrogens is 368 g/mol. The summed E-state index contributed by atoms with van der Waals surface area (Å²) < 4.78 is 0. The van der Waals surface area contributed by atoms with E-state index < -0.39 is 0 Å². The second kappa shape index (κ2) is 8.19. The van der Waals surface area contributed by atoms with Gasteiger partial charge in [0.15, 0.2) is 5.78 Å². The molecule has 0 aromatic heterocycles. The Morgan fingerprint density at radius 2 is 1.50 bits per heavy atom. The molecule has 3 aromatic carbocycles. The van der Waals surface area contributed by atoms with Gasteiger partial charge < -0.3 is 0 Å². The Morgan fingerprint density at radius 1 is 0.833 bits per heavy atom. The van der Waals surface area contributed by atoms with Gasteiger partial charge in [0, 0.05) is 22.3 Å². The first-order valence-electron chi connectivity index (χ1n) is 10.1. The average Bonchev–Trinajstić information content (AvgIpc) is 3.13. The first kappa shape index (κ1) is 19.4. The molecule has 0 unspecified atom stereocenters. The highest BCUT2D eigenvalue weighted by atomic mass is 16.1. The first-order chi connectivity index (χ1) is 14.7. The summed E-state index contributed by atoms with van der Waals surface area (Å²) in [6.45, 7) is 2.17. The summed E-state index contributed by atoms with van der Waals surface area (Å²) >= 11 is 0. The van der Waals surface area contributed by atoms with E-state index in [0.717, 1.165) is 41.5 Å².